The number of amides is 14. The van der Waals surface area contributed by atoms with Crippen LogP contribution < -0.4 is 102 Å². The topological polar surface area (TPSA) is 560 Å². The van der Waals surface area contributed by atoms with E-state index in [2.05, 4.69) is 90.4 Å². The number of fused-ring (bicyclic) bond motifs is 5. The van der Waals surface area contributed by atoms with Crippen molar-refractivity contribution < 1.29 is 95.3 Å². The highest BCUT2D eigenvalue weighted by Gasteiger charge is 2.49. The Morgan fingerprint density at radius 2 is 1.15 bits per heavy atom. The Morgan fingerprint density at radius 3 is 1.74 bits per heavy atom. The molecule has 4 saturated carbocycles. The van der Waals surface area contributed by atoms with Gasteiger partial charge in [0.25, 0.3) is 0 Å². The van der Waals surface area contributed by atoms with E-state index in [0.29, 0.717) is 97.1 Å². The number of rotatable bonds is 28. The Kier molecular flexibility index (Phi) is 41.3. The van der Waals surface area contributed by atoms with Gasteiger partial charge < -0.3 is 122 Å². The van der Waals surface area contributed by atoms with Gasteiger partial charge in [-0.3, -0.25) is 71.9 Å². The highest BCUT2D eigenvalue weighted by molar-refractivity contribution is 7.98. The number of hydrogen-bond donors (Lipinski definition) is 21. The number of aliphatic hydroxyl groups is 1. The zero-order valence-electron chi connectivity index (χ0n) is 77.3. The maximum Gasteiger partial charge on any atom is 0.305 e. The van der Waals surface area contributed by atoms with Crippen LogP contribution in [0.1, 0.15) is 205 Å². The predicted molar refractivity (Wildman–Crippen MR) is 494 cm³/mol. The van der Waals surface area contributed by atoms with Gasteiger partial charge in [-0.15, -0.1) is 0 Å². The number of hydrogen-bond acceptors (Lipinski definition) is 25. The van der Waals surface area contributed by atoms with Crippen molar-refractivity contribution in [2.75, 3.05) is 77.7 Å². The average molecular weight is 1930 g/mol. The summed E-state index contributed by atoms with van der Waals surface area (Å²) in [7, 11) is 1.41. The molecule has 23 N–H and O–H groups in total. The normalized spacial score (nSPS) is 33.1. The highest BCUT2D eigenvalue weighted by atomic mass is 32.2. The monoisotopic (exact) mass is 1920 g/mol. The number of unbranched alkanes of at least 4 members (excludes halogenated alkanes) is 1. The molecule has 4 aliphatic carbocycles. The van der Waals surface area contributed by atoms with Crippen molar-refractivity contribution in [3.8, 4) is 0 Å². The molecule has 38 nitrogen and oxygen atoms in total. The SMILES string of the molecule is CCC[C@H](NC(C)=O)C(=O)N[C@@H](CC1CNCN1)C(=O)N(C)[C@@H](CC1CCC(F)CC1)C(=O)N[C@H]1CSCc2cccc(c2)CSC[C@@H](C(N)=O)NC(=O)[C@@H]2CCCN2C(=O)[C@H](CC2CCC(O)CC2)NC(=O)[C@H](CC2CNCN2)NC(=O)[C@H](CC(=O)O)NC(=O)[C@H](CC2CNC3CCC(F)CC23)NC(=O)[C@H](CC2CNC3CCC(F)CC23)NC(=O)CNC(=O)[C@H](CCCCN)NC1=O. The van der Waals surface area contributed by atoms with Gasteiger partial charge >= 0.3 is 5.97 Å². The first-order valence-electron chi connectivity index (χ1n) is 48.5. The van der Waals surface area contributed by atoms with Crippen molar-refractivity contribution in [3.63, 3.8) is 0 Å². The summed E-state index contributed by atoms with van der Waals surface area (Å²) in [4.78, 5) is 224. The molecule has 6 heterocycles. The molecule has 0 spiro atoms. The number of carboxylic acid groups (broad SMARTS) is 1. The Balaban J connectivity index is 0.931. The number of aliphatic hydroxyl groups excluding tert-OH is 1. The van der Waals surface area contributed by atoms with Crippen LogP contribution in [-0.4, -0.2) is 308 Å². The van der Waals surface area contributed by atoms with Gasteiger partial charge in [0, 0.05) is 94.1 Å². The molecule has 5 saturated heterocycles. The summed E-state index contributed by atoms with van der Waals surface area (Å²) < 4.78 is 46.1. The lowest BCUT2D eigenvalue weighted by molar-refractivity contribution is -0.143. The third-order valence-electron chi connectivity index (χ3n) is 28.6. The number of carbonyl (C=O) groups is 15. The predicted octanol–water partition coefficient (Wildman–Crippen LogP) is -1.23. The molecule has 11 rings (SSSR count). The lowest BCUT2D eigenvalue weighted by atomic mass is 9.76. The number of primary amides is 1. The molecule has 748 valence electrons. The Bertz CT molecular complexity index is 4170. The number of thioether (sulfide) groups is 2. The molecule has 1 aromatic carbocycles. The maximum atomic E-state index is 15.7. The van der Waals surface area contributed by atoms with Gasteiger partial charge in [0.1, 0.15) is 91.0 Å². The number of alkyl halides is 3. The quantitative estimate of drug-likeness (QED) is 0.0437. The number of aliphatic carboxylic acids is 1. The summed E-state index contributed by atoms with van der Waals surface area (Å²) in [5, 5.41) is 71.3. The number of halogens is 3. The maximum absolute atomic E-state index is 15.7. The van der Waals surface area contributed by atoms with Crippen LogP contribution in [-0.2, 0) is 83.4 Å². The fourth-order valence-corrected chi connectivity index (χ4v) is 23.2. The van der Waals surface area contributed by atoms with Crippen LogP contribution in [0.3, 0.4) is 0 Å². The van der Waals surface area contributed by atoms with Gasteiger partial charge in [0.15, 0.2) is 0 Å². The molecule has 14 amide bonds. The molecule has 0 aromatic heterocycles. The van der Waals surface area contributed by atoms with Crippen molar-refractivity contribution in [3.05, 3.63) is 35.4 Å². The minimum absolute atomic E-state index is 0.000180. The number of nitrogens with one attached hydrogen (secondary N) is 17. The molecule has 9 fully saturated rings. The number of nitrogens with two attached hydrogens (primary N) is 2. The number of likely N-dealkylation sites (N-methyl/N-ethyl adjacent to an activating group) is 1. The largest absolute Gasteiger partial charge is 0.481 e. The van der Waals surface area contributed by atoms with Crippen LogP contribution in [0, 0.1) is 35.5 Å². The number of benzene rings is 1. The van der Waals surface area contributed by atoms with Gasteiger partial charge in [-0.05, 0) is 233 Å². The van der Waals surface area contributed by atoms with Crippen LogP contribution in [0.2, 0.25) is 0 Å². The first-order valence-corrected chi connectivity index (χ1v) is 50.8. The molecular formula is C91H144F3N21O17S2. The fourth-order valence-electron chi connectivity index (χ4n) is 21.2. The summed E-state index contributed by atoms with van der Waals surface area (Å²) in [5.41, 5.74) is 13.5. The highest BCUT2D eigenvalue weighted by Crippen LogP contribution is 2.41. The zero-order valence-corrected chi connectivity index (χ0v) is 79.0. The van der Waals surface area contributed by atoms with Crippen molar-refractivity contribution in [1.29, 1.82) is 0 Å². The lowest BCUT2D eigenvalue weighted by Gasteiger charge is -2.36. The van der Waals surface area contributed by atoms with E-state index in [0.717, 1.165) is 11.1 Å². The molecule has 6 aliphatic heterocycles. The Morgan fingerprint density at radius 1 is 0.582 bits per heavy atom. The minimum atomic E-state index is -1.98. The second-order valence-corrected chi connectivity index (χ2v) is 40.7. The van der Waals surface area contributed by atoms with Crippen LogP contribution in [0.5, 0.6) is 0 Å². The molecule has 10 aliphatic rings. The van der Waals surface area contributed by atoms with Crippen molar-refractivity contribution in [2.45, 2.75) is 326 Å². The van der Waals surface area contributed by atoms with Crippen LogP contribution in [0.4, 0.5) is 13.2 Å². The third kappa shape index (κ3) is 31.5. The smallest absolute Gasteiger partial charge is 0.305 e. The molecule has 10 unspecified atom stereocenters. The fraction of sp³-hybridized carbons (Fsp3) is 0.769. The summed E-state index contributed by atoms with van der Waals surface area (Å²) in [6.45, 7) is 4.46. The van der Waals surface area contributed by atoms with E-state index in [1.165, 1.54) is 47.3 Å². The standard InChI is InChI=1S/C91H144F3N21O17S2/c1-4-9-66(104-49(2)116)82(123)111-73(36-60-41-98-48-103-60)90(131)114(3)77(30-51-14-18-56(92)19-15-51)89(130)113-75-46-134-44-53-11-7-10-52(28-53)43-133-45-74(80(96)121)112-88(129)76-13-8-27-115(76)91(132)72(29-50-16-22-61(117)23-17-50)110-85(126)70(35-59-40-97-47-102-59)108-86(127)71(37-79(119)120)109-84(125)69(32-55-39-100-65-25-21-58(94)34-63(55)65)107-83(124)68(31-54-38-99-64-24-20-57(93)33-62(54)64)105-78(118)42-101-81(122)67(106-87(75)128)12-5-6-26-95/h7,10-11,28,50-51,54-77,97-100,102-103,117H,4-6,8-9,12-27,29-48,95H2,1-3H3,(H2,96,121)(H,101,122)(H,104,116)(H,105,118)(H,106,128)(H,107,124)(H,108,127)(H,109,125)(H,110,126)(H,111,123)(H,112,129)(H,113,130)(H,119,120)/t50?,51?,54?,55?,56?,57?,58?,59?,60?,61?,62?,63?,64?,65?,66-,67-,68-,69-,70-,71-,72-,73-,74-,75-,76-,77-/m0/s1. The number of nitrogens with zero attached hydrogens (tertiary/aromatic N) is 2. The van der Waals surface area contributed by atoms with E-state index < -0.39 is 217 Å². The van der Waals surface area contributed by atoms with Gasteiger partial charge in [0.2, 0.25) is 82.7 Å². The second kappa shape index (κ2) is 52.3. The van der Waals surface area contributed by atoms with E-state index in [-0.39, 0.29) is 194 Å². The molecular weight excluding hydrogens is 1780 g/mol. The summed E-state index contributed by atoms with van der Waals surface area (Å²) in [5.74, 6) is -15.0. The van der Waals surface area contributed by atoms with E-state index >= 15 is 47.1 Å². The van der Waals surface area contributed by atoms with E-state index in [1.807, 2.05) is 25.1 Å². The van der Waals surface area contributed by atoms with E-state index in [1.54, 1.807) is 6.07 Å². The molecule has 22 atom stereocenters. The average Bonchev–Trinajstić information content (AvgIpc) is 1.69. The minimum Gasteiger partial charge on any atom is -0.481 e. The summed E-state index contributed by atoms with van der Waals surface area (Å²) >= 11 is 2.49. The van der Waals surface area contributed by atoms with Gasteiger partial charge in [0.05, 0.1) is 19.1 Å². The molecule has 0 radical (unpaired) electrons. The summed E-state index contributed by atoms with van der Waals surface area (Å²) in [6.07, 6.45) is 0.727. The molecule has 1 aromatic rings. The van der Waals surface area contributed by atoms with Gasteiger partial charge in [-0.25, -0.2) is 13.2 Å². The van der Waals surface area contributed by atoms with E-state index in [9.17, 15) is 48.2 Å². The molecule has 43 heteroatoms. The van der Waals surface area contributed by atoms with Gasteiger partial charge in [-0.1, -0.05) is 37.6 Å². The Hall–Kier alpha value is -8.56. The van der Waals surface area contributed by atoms with E-state index in [4.69, 9.17) is 11.5 Å². The number of carboxylic acids is 1. The lowest BCUT2D eigenvalue weighted by Crippen LogP contribution is -2.61. The van der Waals surface area contributed by atoms with Crippen molar-refractivity contribution in [1.82, 2.24) is 100 Å². The van der Waals surface area contributed by atoms with Gasteiger partial charge in [-0.2, -0.15) is 23.5 Å². The van der Waals surface area contributed by atoms with Crippen LogP contribution in [0.25, 0.3) is 0 Å². The first-order chi connectivity index (χ1) is 64.3. The Labute approximate surface area is 790 Å². The van der Waals surface area contributed by atoms with Crippen molar-refractivity contribution in [2.24, 2.45) is 47.0 Å². The second-order valence-electron chi connectivity index (χ2n) is 38.6. The van der Waals surface area contributed by atoms with Crippen molar-refractivity contribution >= 4 is 112 Å². The molecule has 2 bridgehead atoms. The number of carbonyl (C=O) groups excluding carboxylic acids is 14. The zero-order chi connectivity index (χ0) is 96.2. The summed E-state index contributed by atoms with van der Waals surface area (Å²) in [6, 6.07) is -10.9. The first kappa shape index (κ1) is 106. The molecule has 134 heavy (non-hydrogen) atoms. The van der Waals surface area contributed by atoms with Crippen LogP contribution >= 0.6 is 23.5 Å². The van der Waals surface area contributed by atoms with Crippen LogP contribution in [0.15, 0.2) is 24.3 Å². The third-order valence-corrected chi connectivity index (χ3v) is 30.8.